The number of nitrogens with zero attached hydrogens (tertiary/aromatic N) is 2. The van der Waals surface area contributed by atoms with Crippen molar-refractivity contribution >= 4 is 17.4 Å². The van der Waals surface area contributed by atoms with Gasteiger partial charge in [0.2, 0.25) is 0 Å². The summed E-state index contributed by atoms with van der Waals surface area (Å²) >= 11 is 0. The molecule has 2 aromatic heterocycles. The summed E-state index contributed by atoms with van der Waals surface area (Å²) in [6.07, 6.45) is 3.27. The van der Waals surface area contributed by atoms with Gasteiger partial charge in [0.25, 0.3) is 5.56 Å². The van der Waals surface area contributed by atoms with Crippen LogP contribution in [-0.2, 0) is 9.47 Å². The second-order valence-corrected chi connectivity index (χ2v) is 8.79. The fourth-order valence-electron chi connectivity index (χ4n) is 4.97. The summed E-state index contributed by atoms with van der Waals surface area (Å²) in [6.45, 7) is 5.31. The van der Waals surface area contributed by atoms with E-state index in [1.165, 1.54) is 10.5 Å². The second-order valence-electron chi connectivity index (χ2n) is 8.79. The highest BCUT2D eigenvalue weighted by atomic mass is 19.1. The lowest BCUT2D eigenvalue weighted by atomic mass is 9.89. The molecule has 2 aliphatic heterocycles. The molecule has 166 valence electrons. The number of halogens is 1. The normalized spacial score (nSPS) is 22.9. The first-order valence-corrected chi connectivity index (χ1v) is 10.6. The molecule has 0 amide bonds. The van der Waals surface area contributed by atoms with Gasteiger partial charge in [0.15, 0.2) is 24.1 Å². The lowest BCUT2D eigenvalue weighted by Gasteiger charge is -2.48. The van der Waals surface area contributed by atoms with E-state index in [2.05, 4.69) is 0 Å². The van der Waals surface area contributed by atoms with Crippen LogP contribution in [0.25, 0.3) is 5.52 Å². The number of ether oxygens (including phenoxy) is 3. The highest BCUT2D eigenvalue weighted by Crippen LogP contribution is 2.45. The monoisotopic (exact) mass is 432 g/mol. The number of hydrogen-bond acceptors (Lipinski definition) is 6. The summed E-state index contributed by atoms with van der Waals surface area (Å²) in [5.41, 5.74) is 1.91. The van der Waals surface area contributed by atoms with Crippen LogP contribution in [0, 0.1) is 18.7 Å². The standard InChI is InChI=1S/C22H25FN2O6/c1-12-18-15(13-5-6-13)8-17(31-21(27)28)20(26)25(18)10-16(23)19(12)24-7-3-4-14(9-24)22(2)29-11-30-22/h8,10,13-14H,3-7,9,11H2,1-2H3,(H,27,28). The van der Waals surface area contributed by atoms with Gasteiger partial charge in [0.05, 0.1) is 17.4 Å². The summed E-state index contributed by atoms with van der Waals surface area (Å²) in [6, 6.07) is 1.51. The topological polar surface area (TPSA) is 89.7 Å². The molecule has 0 bridgehead atoms. The molecule has 2 saturated heterocycles. The minimum Gasteiger partial charge on any atom is -0.449 e. The van der Waals surface area contributed by atoms with Gasteiger partial charge in [-0.1, -0.05) is 0 Å². The van der Waals surface area contributed by atoms with E-state index in [1.807, 2.05) is 18.7 Å². The molecule has 0 spiro atoms. The zero-order valence-corrected chi connectivity index (χ0v) is 17.5. The van der Waals surface area contributed by atoms with E-state index in [1.54, 1.807) is 0 Å². The zero-order valence-electron chi connectivity index (χ0n) is 17.5. The Morgan fingerprint density at radius 2 is 2.06 bits per heavy atom. The molecule has 3 fully saturated rings. The molecule has 31 heavy (non-hydrogen) atoms. The summed E-state index contributed by atoms with van der Waals surface area (Å²) in [5.74, 6) is -1.15. The fourth-order valence-corrected chi connectivity index (χ4v) is 4.97. The van der Waals surface area contributed by atoms with Gasteiger partial charge in [-0.15, -0.1) is 0 Å². The molecule has 5 rings (SSSR count). The second kappa shape index (κ2) is 7.20. The quantitative estimate of drug-likeness (QED) is 0.738. The minimum absolute atomic E-state index is 0.112. The van der Waals surface area contributed by atoms with Gasteiger partial charge >= 0.3 is 6.16 Å². The van der Waals surface area contributed by atoms with Crippen LogP contribution < -0.4 is 15.2 Å². The number of carbonyl (C=O) groups is 1. The van der Waals surface area contributed by atoms with E-state index < -0.39 is 23.3 Å². The number of pyridine rings is 2. The molecule has 0 aromatic carbocycles. The van der Waals surface area contributed by atoms with Crippen LogP contribution in [0.15, 0.2) is 17.1 Å². The number of piperidine rings is 1. The van der Waals surface area contributed by atoms with Crippen LogP contribution in [0.2, 0.25) is 0 Å². The Bertz CT molecular complexity index is 1120. The van der Waals surface area contributed by atoms with Crippen LogP contribution in [0.5, 0.6) is 5.75 Å². The van der Waals surface area contributed by atoms with Crippen molar-refractivity contribution in [2.24, 2.45) is 5.92 Å². The fraction of sp³-hybridized carbons (Fsp3) is 0.545. The van der Waals surface area contributed by atoms with Gasteiger partial charge in [-0.3, -0.25) is 9.20 Å². The molecular weight excluding hydrogens is 407 g/mol. The molecule has 1 N–H and O–H groups in total. The van der Waals surface area contributed by atoms with Gasteiger partial charge in [-0.2, -0.15) is 0 Å². The third-order valence-electron chi connectivity index (χ3n) is 6.79. The van der Waals surface area contributed by atoms with Crippen LogP contribution in [-0.4, -0.2) is 41.3 Å². The van der Waals surface area contributed by atoms with Gasteiger partial charge in [0, 0.05) is 19.0 Å². The third-order valence-corrected chi connectivity index (χ3v) is 6.79. The number of fused-ring (bicyclic) bond motifs is 1. The smallest absolute Gasteiger partial charge is 0.449 e. The van der Waals surface area contributed by atoms with E-state index in [9.17, 15) is 9.59 Å². The van der Waals surface area contributed by atoms with Crippen LogP contribution >= 0.6 is 0 Å². The van der Waals surface area contributed by atoms with E-state index >= 15 is 4.39 Å². The number of aromatic nitrogens is 1. The number of carboxylic acid groups (broad SMARTS) is 1. The maximum absolute atomic E-state index is 15.4. The molecule has 9 heteroatoms. The van der Waals surface area contributed by atoms with Gasteiger partial charge in [0.1, 0.15) is 0 Å². The molecule has 1 saturated carbocycles. The van der Waals surface area contributed by atoms with Crippen molar-refractivity contribution in [1.29, 1.82) is 0 Å². The maximum atomic E-state index is 15.4. The van der Waals surface area contributed by atoms with Crippen LogP contribution in [0.4, 0.5) is 14.9 Å². The molecule has 3 aliphatic rings. The average Bonchev–Trinajstić information content (AvgIpc) is 3.53. The highest BCUT2D eigenvalue weighted by Gasteiger charge is 2.45. The molecule has 8 nitrogen and oxygen atoms in total. The summed E-state index contributed by atoms with van der Waals surface area (Å²) < 4.78 is 32.6. The SMILES string of the molecule is Cc1c(N2CCCC(C3(C)OCO3)C2)c(F)cn2c(=O)c(OC(=O)O)cc(C3CC3)c12. The zero-order chi connectivity index (χ0) is 21.9. The predicted octanol–water partition coefficient (Wildman–Crippen LogP) is 3.62. The molecule has 4 heterocycles. The molecule has 1 atom stereocenters. The van der Waals surface area contributed by atoms with E-state index in [-0.39, 0.29) is 24.4 Å². The Balaban J connectivity index is 1.62. The largest absolute Gasteiger partial charge is 0.511 e. The van der Waals surface area contributed by atoms with Gasteiger partial charge < -0.3 is 24.2 Å². The summed E-state index contributed by atoms with van der Waals surface area (Å²) in [7, 11) is 0. The number of aryl methyl sites for hydroxylation is 1. The van der Waals surface area contributed by atoms with Crippen molar-refractivity contribution in [3.8, 4) is 5.75 Å². The van der Waals surface area contributed by atoms with E-state index in [4.69, 9.17) is 19.3 Å². The van der Waals surface area contributed by atoms with Crippen molar-refractivity contribution in [1.82, 2.24) is 4.40 Å². The molecule has 1 unspecified atom stereocenters. The first-order valence-electron chi connectivity index (χ1n) is 10.6. The van der Waals surface area contributed by atoms with Crippen LogP contribution in [0.1, 0.15) is 49.7 Å². The third kappa shape index (κ3) is 3.36. The number of anilines is 1. The lowest BCUT2D eigenvalue weighted by molar-refractivity contribution is -0.409. The van der Waals surface area contributed by atoms with E-state index in [0.29, 0.717) is 29.9 Å². The van der Waals surface area contributed by atoms with Crippen LogP contribution in [0.3, 0.4) is 0 Å². The minimum atomic E-state index is -1.57. The van der Waals surface area contributed by atoms with Crippen molar-refractivity contribution in [3.63, 3.8) is 0 Å². The summed E-state index contributed by atoms with van der Waals surface area (Å²) in [5, 5.41) is 8.98. The van der Waals surface area contributed by atoms with Gasteiger partial charge in [-0.25, -0.2) is 9.18 Å². The Labute approximate surface area is 178 Å². The van der Waals surface area contributed by atoms with Crippen molar-refractivity contribution < 1.29 is 28.5 Å². The molecule has 0 radical (unpaired) electrons. The van der Waals surface area contributed by atoms with E-state index in [0.717, 1.165) is 37.4 Å². The first kappa shape index (κ1) is 20.3. The Kier molecular flexibility index (Phi) is 4.71. The van der Waals surface area contributed by atoms with Crippen molar-refractivity contribution in [2.45, 2.75) is 51.2 Å². The van der Waals surface area contributed by atoms with Crippen molar-refractivity contribution in [2.75, 3.05) is 24.8 Å². The van der Waals surface area contributed by atoms with Crippen molar-refractivity contribution in [3.05, 3.63) is 39.6 Å². The Hall–Kier alpha value is -2.65. The molecule has 1 aliphatic carbocycles. The molecule has 2 aromatic rings. The Morgan fingerprint density at radius 1 is 1.32 bits per heavy atom. The first-order chi connectivity index (χ1) is 14.8. The average molecular weight is 432 g/mol. The Morgan fingerprint density at radius 3 is 2.68 bits per heavy atom. The highest BCUT2D eigenvalue weighted by molar-refractivity contribution is 5.74. The lowest BCUT2D eigenvalue weighted by Crippen LogP contribution is -2.55. The number of rotatable bonds is 4. The maximum Gasteiger partial charge on any atom is 0.511 e. The molecular formula is C22H25FN2O6. The summed E-state index contributed by atoms with van der Waals surface area (Å²) in [4.78, 5) is 25.9. The number of hydrogen-bond donors (Lipinski definition) is 1. The predicted molar refractivity (Wildman–Crippen MR) is 109 cm³/mol. The van der Waals surface area contributed by atoms with Gasteiger partial charge in [-0.05, 0) is 62.6 Å².